The highest BCUT2D eigenvalue weighted by Crippen LogP contribution is 2.55. The van der Waals surface area contributed by atoms with Gasteiger partial charge in [-0.2, -0.15) is 0 Å². The SMILES string of the molecule is CC1COc2ccc(N3C(=O)c4cc(Cl)c5c6c(Cl)cc7c8c(cc(Cl)c(c9c(Cl)cc(c4c59)C3=O)c86)C(O)N(c3ccc4c(c3)OCC(C)CO4)C7=O)cc2OC1. The molecule has 58 heavy (non-hydrogen) atoms. The van der Waals surface area contributed by atoms with Crippen molar-refractivity contribution >= 4 is 119 Å². The fourth-order valence-corrected chi connectivity index (χ4v) is 10.0. The number of hydrogen-bond acceptors (Lipinski definition) is 8. The summed E-state index contributed by atoms with van der Waals surface area (Å²) in [6, 6.07) is 16.2. The second-order valence-electron chi connectivity index (χ2n) is 15.4. The van der Waals surface area contributed by atoms with Crippen LogP contribution in [0.1, 0.15) is 56.7 Å². The number of anilines is 2. The van der Waals surface area contributed by atoms with E-state index >= 15 is 0 Å². The molecule has 10 nitrogen and oxygen atoms in total. The maximum absolute atomic E-state index is 14.6. The van der Waals surface area contributed by atoms with Crippen molar-refractivity contribution in [3.05, 3.63) is 103 Å². The molecule has 0 bridgehead atoms. The van der Waals surface area contributed by atoms with Crippen LogP contribution in [0.3, 0.4) is 0 Å². The minimum atomic E-state index is -1.47. The average Bonchev–Trinajstić information content (AvgIpc) is 3.51. The first-order valence-electron chi connectivity index (χ1n) is 18.6. The second-order valence-corrected chi connectivity index (χ2v) is 17.0. The van der Waals surface area contributed by atoms with Gasteiger partial charge in [0.15, 0.2) is 29.2 Å². The van der Waals surface area contributed by atoms with E-state index in [-0.39, 0.29) is 54.3 Å². The first-order chi connectivity index (χ1) is 27.9. The fraction of sp³-hybridized carbons (Fsp3) is 0.205. The number of fused-ring (bicyclic) bond motifs is 4. The van der Waals surface area contributed by atoms with Crippen LogP contribution in [0.4, 0.5) is 11.4 Å². The normalized spacial score (nSPS) is 20.1. The van der Waals surface area contributed by atoms with Gasteiger partial charge >= 0.3 is 0 Å². The molecule has 1 N–H and O–H groups in total. The standard InChI is InChI=1S/C44H28Cl4N2O8/c1-17-13-55-29-5-3-19(7-31(29)57-15-17)49-41(51)21-9-25(45)35-37-27(47)11-23-34-24(12-28(48)38(40(34)37)36-26(46)10-22(42(49)52)33(21)39(35)36)44(54)50(43(23)53)20-4-6-30-32(8-20)58-16-18(2)14-56-30/h3-12,17-18,41,51H,13-16H2,1-2H3. The van der Waals surface area contributed by atoms with Gasteiger partial charge in [0.1, 0.15) is 0 Å². The summed E-state index contributed by atoms with van der Waals surface area (Å²) in [4.78, 5) is 45.9. The zero-order chi connectivity index (χ0) is 40.0. The Labute approximate surface area is 349 Å². The lowest BCUT2D eigenvalue weighted by Gasteiger charge is -2.35. The number of benzene rings is 7. The largest absolute Gasteiger partial charge is 0.489 e. The molecular formula is C44H28Cl4N2O8. The van der Waals surface area contributed by atoms with Gasteiger partial charge < -0.3 is 24.1 Å². The number of nitrogens with zero attached hydrogens (tertiary/aromatic N) is 2. The first kappa shape index (κ1) is 35.9. The van der Waals surface area contributed by atoms with Gasteiger partial charge in [-0.05, 0) is 48.5 Å². The smallest absolute Gasteiger partial charge is 0.266 e. The highest BCUT2D eigenvalue weighted by Gasteiger charge is 2.41. The number of imide groups is 1. The summed E-state index contributed by atoms with van der Waals surface area (Å²) in [7, 11) is 0. The van der Waals surface area contributed by atoms with Crippen LogP contribution in [-0.4, -0.2) is 49.3 Å². The van der Waals surface area contributed by atoms with Crippen molar-refractivity contribution in [2.75, 3.05) is 36.2 Å². The van der Waals surface area contributed by atoms with Gasteiger partial charge in [-0.1, -0.05) is 60.3 Å². The maximum Gasteiger partial charge on any atom is 0.266 e. The van der Waals surface area contributed by atoms with Crippen LogP contribution in [0.5, 0.6) is 23.0 Å². The number of hydrogen-bond donors (Lipinski definition) is 1. The molecule has 290 valence electrons. The van der Waals surface area contributed by atoms with E-state index in [2.05, 4.69) is 0 Å². The molecule has 7 aromatic rings. The van der Waals surface area contributed by atoms with Crippen molar-refractivity contribution in [1.29, 1.82) is 0 Å². The molecule has 0 fully saturated rings. The van der Waals surface area contributed by atoms with Gasteiger partial charge in [-0.15, -0.1) is 0 Å². The predicted molar refractivity (Wildman–Crippen MR) is 224 cm³/mol. The number of aliphatic hydroxyl groups excluding tert-OH is 1. The number of ether oxygens (including phenoxy) is 4. The predicted octanol–water partition coefficient (Wildman–Crippen LogP) is 10.6. The van der Waals surface area contributed by atoms with E-state index in [4.69, 9.17) is 65.4 Å². The zero-order valence-corrected chi connectivity index (χ0v) is 33.6. The summed E-state index contributed by atoms with van der Waals surface area (Å²) in [5.41, 5.74) is 1.57. The van der Waals surface area contributed by atoms with E-state index in [1.54, 1.807) is 48.5 Å². The Balaban J connectivity index is 1.12. The third-order valence-electron chi connectivity index (χ3n) is 11.5. The Kier molecular flexibility index (Phi) is 7.82. The molecule has 0 aliphatic carbocycles. The van der Waals surface area contributed by atoms with Gasteiger partial charge in [-0.25, -0.2) is 4.90 Å². The topological polar surface area (TPSA) is 115 Å². The Morgan fingerprint density at radius 1 is 0.500 bits per heavy atom. The lowest BCUT2D eigenvalue weighted by Crippen LogP contribution is -2.40. The summed E-state index contributed by atoms with van der Waals surface area (Å²) in [5.74, 6) is 0.490. The molecule has 0 saturated carbocycles. The number of carbonyl (C=O) groups is 3. The minimum absolute atomic E-state index is 0.142. The highest BCUT2D eigenvalue weighted by molar-refractivity contribution is 6.56. The summed E-state index contributed by atoms with van der Waals surface area (Å²) < 4.78 is 23.8. The number of aliphatic hydroxyl groups is 1. The van der Waals surface area contributed by atoms with E-state index in [0.717, 1.165) is 4.90 Å². The van der Waals surface area contributed by atoms with Crippen LogP contribution in [0.15, 0.2) is 60.7 Å². The van der Waals surface area contributed by atoms with Gasteiger partial charge in [0, 0.05) is 98.3 Å². The zero-order valence-electron chi connectivity index (χ0n) is 30.5. The van der Waals surface area contributed by atoms with E-state index in [1.165, 1.54) is 17.0 Å². The lowest BCUT2D eigenvalue weighted by molar-refractivity contribution is 0.0871. The maximum atomic E-state index is 14.6. The van der Waals surface area contributed by atoms with Gasteiger partial charge in [-0.3, -0.25) is 19.3 Å². The van der Waals surface area contributed by atoms with Crippen LogP contribution >= 0.6 is 46.4 Å². The lowest BCUT2D eigenvalue weighted by atomic mass is 9.81. The van der Waals surface area contributed by atoms with Crippen molar-refractivity contribution in [3.63, 3.8) is 0 Å². The van der Waals surface area contributed by atoms with Crippen molar-refractivity contribution in [1.82, 2.24) is 0 Å². The van der Waals surface area contributed by atoms with Crippen molar-refractivity contribution in [2.45, 2.75) is 20.1 Å². The van der Waals surface area contributed by atoms with Gasteiger partial charge in [0.25, 0.3) is 17.7 Å². The highest BCUT2D eigenvalue weighted by atomic mass is 35.5. The Morgan fingerprint density at radius 2 is 0.914 bits per heavy atom. The minimum Gasteiger partial charge on any atom is -0.489 e. The molecule has 11 rings (SSSR count). The molecule has 4 aliphatic rings. The molecule has 0 radical (unpaired) electrons. The number of amides is 3. The van der Waals surface area contributed by atoms with E-state index in [9.17, 15) is 19.5 Å². The van der Waals surface area contributed by atoms with E-state index in [0.29, 0.717) is 104 Å². The summed E-state index contributed by atoms with van der Waals surface area (Å²) in [6.45, 7) is 5.79. The fourth-order valence-electron chi connectivity index (χ4n) is 8.83. The summed E-state index contributed by atoms with van der Waals surface area (Å²) in [5, 5.41) is 16.0. The number of carbonyl (C=O) groups excluding carboxylic acids is 3. The number of rotatable bonds is 2. The monoisotopic (exact) mass is 852 g/mol. The van der Waals surface area contributed by atoms with Crippen molar-refractivity contribution in [2.24, 2.45) is 11.8 Å². The number of halogens is 4. The summed E-state index contributed by atoms with van der Waals surface area (Å²) in [6.07, 6.45) is -1.47. The summed E-state index contributed by atoms with van der Waals surface area (Å²) >= 11 is 28.8. The Bertz CT molecular complexity index is 2980. The van der Waals surface area contributed by atoms with Crippen molar-refractivity contribution < 1.29 is 38.4 Å². The van der Waals surface area contributed by atoms with Crippen LogP contribution in [0.25, 0.3) is 43.1 Å². The molecule has 0 spiro atoms. The third kappa shape index (κ3) is 4.87. The average molecular weight is 855 g/mol. The van der Waals surface area contributed by atoms with Gasteiger partial charge in [0.2, 0.25) is 0 Å². The van der Waals surface area contributed by atoms with E-state index in [1.807, 2.05) is 13.8 Å². The molecule has 3 unspecified atom stereocenters. The first-order valence-corrected chi connectivity index (χ1v) is 20.1. The molecule has 4 aliphatic heterocycles. The molecule has 7 aromatic carbocycles. The molecule has 0 aromatic heterocycles. The van der Waals surface area contributed by atoms with Crippen LogP contribution in [0.2, 0.25) is 20.1 Å². The van der Waals surface area contributed by atoms with Crippen LogP contribution in [0, 0.1) is 11.8 Å². The third-order valence-corrected chi connectivity index (χ3v) is 12.7. The van der Waals surface area contributed by atoms with Crippen LogP contribution in [-0.2, 0) is 0 Å². The molecule has 14 heteroatoms. The second kappa shape index (κ2) is 12.6. The molecule has 0 saturated heterocycles. The molecule has 3 atom stereocenters. The van der Waals surface area contributed by atoms with E-state index < -0.39 is 23.9 Å². The molecule has 3 amide bonds. The Morgan fingerprint density at radius 3 is 1.43 bits per heavy atom. The van der Waals surface area contributed by atoms with Gasteiger partial charge in [0.05, 0.1) is 48.9 Å². The van der Waals surface area contributed by atoms with Crippen LogP contribution < -0.4 is 28.7 Å². The molecule has 4 heterocycles. The Hall–Kier alpha value is -5.23. The molecular weight excluding hydrogens is 826 g/mol. The quantitative estimate of drug-likeness (QED) is 0.104. The van der Waals surface area contributed by atoms with Crippen molar-refractivity contribution in [3.8, 4) is 23.0 Å².